The zero-order valence-corrected chi connectivity index (χ0v) is 8.35. The van der Waals surface area contributed by atoms with E-state index in [0.29, 0.717) is 0 Å². The summed E-state index contributed by atoms with van der Waals surface area (Å²) in [6, 6.07) is 0. The lowest BCUT2D eigenvalue weighted by molar-refractivity contribution is 0.872. The third-order valence-corrected chi connectivity index (χ3v) is 1.79. The molecule has 0 aliphatic rings. The van der Waals surface area contributed by atoms with Crippen LogP contribution in [0.4, 0.5) is 0 Å². The molecule has 0 saturated heterocycles. The summed E-state index contributed by atoms with van der Waals surface area (Å²) in [5, 5.41) is 3.13. The van der Waals surface area contributed by atoms with E-state index in [4.69, 9.17) is 0 Å². The first-order chi connectivity index (χ1) is 5.72. The Labute approximate surface area is 75.9 Å². The van der Waals surface area contributed by atoms with Crippen LogP contribution in [0.25, 0.3) is 0 Å². The summed E-state index contributed by atoms with van der Waals surface area (Å²) < 4.78 is 0. The van der Waals surface area contributed by atoms with Gasteiger partial charge < -0.3 is 5.32 Å². The summed E-state index contributed by atoms with van der Waals surface area (Å²) in [7, 11) is 1.96. The Hall–Kier alpha value is -0.820. The van der Waals surface area contributed by atoms with Crippen molar-refractivity contribution in [3.8, 4) is 0 Å². The van der Waals surface area contributed by atoms with E-state index in [0.717, 1.165) is 13.0 Å². The van der Waals surface area contributed by atoms with Gasteiger partial charge in [0, 0.05) is 6.54 Å². The molecule has 0 saturated carbocycles. The van der Waals surface area contributed by atoms with Crippen molar-refractivity contribution in [3.05, 3.63) is 36.0 Å². The number of nitrogens with one attached hydrogen (secondary N) is 1. The Morgan fingerprint density at radius 3 is 2.58 bits per heavy atom. The zero-order chi connectivity index (χ0) is 9.40. The minimum atomic E-state index is 0.949. The lowest BCUT2D eigenvalue weighted by Gasteiger charge is -2.01. The second kappa shape index (κ2) is 6.86. The maximum absolute atomic E-state index is 3.66. The maximum Gasteiger partial charge on any atom is 0.0164 e. The number of rotatable bonds is 5. The van der Waals surface area contributed by atoms with Crippen molar-refractivity contribution in [2.24, 2.45) is 0 Å². The number of likely N-dealkylation sites (N-methyl/N-ethyl adjacent to an activating group) is 1. The van der Waals surface area contributed by atoms with Gasteiger partial charge in [0.1, 0.15) is 0 Å². The minimum Gasteiger partial charge on any atom is -0.316 e. The fraction of sp³-hybridized carbons (Fsp3) is 0.455. The highest BCUT2D eigenvalue weighted by molar-refractivity contribution is 5.23. The normalized spacial score (nSPS) is 13.2. The molecule has 0 radical (unpaired) electrons. The van der Waals surface area contributed by atoms with Gasteiger partial charge in [0.15, 0.2) is 0 Å². The Morgan fingerprint density at radius 2 is 2.08 bits per heavy atom. The van der Waals surface area contributed by atoms with Crippen molar-refractivity contribution in [2.45, 2.75) is 20.3 Å². The smallest absolute Gasteiger partial charge is 0.0164 e. The average molecular weight is 165 g/mol. The van der Waals surface area contributed by atoms with Crippen LogP contribution in [-0.2, 0) is 0 Å². The van der Waals surface area contributed by atoms with Crippen molar-refractivity contribution in [2.75, 3.05) is 13.6 Å². The molecule has 0 fully saturated rings. The molecule has 0 aromatic carbocycles. The van der Waals surface area contributed by atoms with E-state index in [1.165, 1.54) is 11.1 Å². The molecule has 0 atom stereocenters. The standard InChI is InChI=1S/C11H19N/c1-5-6-7-8-10(2)11(3)9-12-4/h5,7-8,12H,1,6,9H2,2-4H3/b8-7-,11-10+. The first-order valence-electron chi connectivity index (χ1n) is 4.30. The number of allylic oxidation sites excluding steroid dienone is 4. The Kier molecular flexibility index (Phi) is 6.39. The van der Waals surface area contributed by atoms with Crippen LogP contribution in [0.1, 0.15) is 20.3 Å². The molecule has 0 amide bonds. The summed E-state index contributed by atoms with van der Waals surface area (Å²) >= 11 is 0. The van der Waals surface area contributed by atoms with Gasteiger partial charge in [0.25, 0.3) is 0 Å². The molecule has 1 nitrogen and oxygen atoms in total. The van der Waals surface area contributed by atoms with Gasteiger partial charge in [0.05, 0.1) is 0 Å². The van der Waals surface area contributed by atoms with Crippen LogP contribution in [-0.4, -0.2) is 13.6 Å². The van der Waals surface area contributed by atoms with Crippen molar-refractivity contribution in [1.82, 2.24) is 5.32 Å². The Balaban J connectivity index is 4.05. The fourth-order valence-corrected chi connectivity index (χ4v) is 0.888. The van der Waals surface area contributed by atoms with Crippen LogP contribution in [0.3, 0.4) is 0 Å². The van der Waals surface area contributed by atoms with Crippen molar-refractivity contribution >= 4 is 0 Å². The lowest BCUT2D eigenvalue weighted by Crippen LogP contribution is -2.09. The fourth-order valence-electron chi connectivity index (χ4n) is 0.888. The third kappa shape index (κ3) is 4.91. The highest BCUT2D eigenvalue weighted by atomic mass is 14.8. The van der Waals surface area contributed by atoms with E-state index in [9.17, 15) is 0 Å². The summed E-state index contributed by atoms with van der Waals surface area (Å²) in [5.41, 5.74) is 2.73. The Morgan fingerprint density at radius 1 is 1.42 bits per heavy atom. The second-order valence-electron chi connectivity index (χ2n) is 2.92. The highest BCUT2D eigenvalue weighted by Crippen LogP contribution is 2.03. The maximum atomic E-state index is 3.66. The van der Waals surface area contributed by atoms with Gasteiger partial charge >= 0.3 is 0 Å². The Bertz CT molecular complexity index is 187. The van der Waals surface area contributed by atoms with E-state index < -0.39 is 0 Å². The lowest BCUT2D eigenvalue weighted by atomic mass is 10.1. The van der Waals surface area contributed by atoms with Gasteiger partial charge in [-0.05, 0) is 27.3 Å². The molecule has 0 aromatic rings. The van der Waals surface area contributed by atoms with Crippen molar-refractivity contribution in [3.63, 3.8) is 0 Å². The predicted molar refractivity (Wildman–Crippen MR) is 56.3 cm³/mol. The van der Waals surface area contributed by atoms with E-state index in [-0.39, 0.29) is 0 Å². The quantitative estimate of drug-likeness (QED) is 0.488. The van der Waals surface area contributed by atoms with Crippen LogP contribution < -0.4 is 5.32 Å². The first kappa shape index (κ1) is 11.2. The second-order valence-corrected chi connectivity index (χ2v) is 2.92. The molecule has 0 aliphatic heterocycles. The highest BCUT2D eigenvalue weighted by Gasteiger charge is 1.90. The third-order valence-electron chi connectivity index (χ3n) is 1.79. The summed E-state index contributed by atoms with van der Waals surface area (Å²) in [4.78, 5) is 0. The van der Waals surface area contributed by atoms with Crippen LogP contribution >= 0.6 is 0 Å². The van der Waals surface area contributed by atoms with Crippen LogP contribution in [0.2, 0.25) is 0 Å². The van der Waals surface area contributed by atoms with Crippen LogP contribution in [0.5, 0.6) is 0 Å². The van der Waals surface area contributed by atoms with Gasteiger partial charge in [-0.15, -0.1) is 6.58 Å². The molecule has 68 valence electrons. The topological polar surface area (TPSA) is 12.0 Å². The number of hydrogen-bond donors (Lipinski definition) is 1. The van der Waals surface area contributed by atoms with Gasteiger partial charge in [-0.2, -0.15) is 0 Å². The monoisotopic (exact) mass is 165 g/mol. The molecule has 0 bridgehead atoms. The van der Waals surface area contributed by atoms with E-state index in [1.807, 2.05) is 13.1 Å². The van der Waals surface area contributed by atoms with Gasteiger partial charge in [-0.1, -0.05) is 29.4 Å². The van der Waals surface area contributed by atoms with E-state index >= 15 is 0 Å². The molecular weight excluding hydrogens is 146 g/mol. The molecule has 0 spiro atoms. The molecule has 1 heteroatoms. The van der Waals surface area contributed by atoms with E-state index in [2.05, 4.69) is 37.9 Å². The molecule has 1 N–H and O–H groups in total. The molecular formula is C11H19N. The summed E-state index contributed by atoms with van der Waals surface area (Å²) in [6.07, 6.45) is 7.12. The molecule has 0 unspecified atom stereocenters. The zero-order valence-electron chi connectivity index (χ0n) is 8.35. The molecule has 0 aromatic heterocycles. The molecule has 0 heterocycles. The van der Waals surface area contributed by atoms with Gasteiger partial charge in [-0.25, -0.2) is 0 Å². The molecule has 0 rings (SSSR count). The summed E-state index contributed by atoms with van der Waals surface area (Å²) in [6.45, 7) is 8.90. The van der Waals surface area contributed by atoms with Crippen LogP contribution in [0.15, 0.2) is 36.0 Å². The van der Waals surface area contributed by atoms with Gasteiger partial charge in [0.2, 0.25) is 0 Å². The largest absolute Gasteiger partial charge is 0.316 e. The SMILES string of the molecule is C=CC/C=C\C(C)=C(/C)CNC. The number of hydrogen-bond acceptors (Lipinski definition) is 1. The van der Waals surface area contributed by atoms with E-state index in [1.54, 1.807) is 0 Å². The molecule has 0 aliphatic carbocycles. The van der Waals surface area contributed by atoms with Crippen molar-refractivity contribution < 1.29 is 0 Å². The predicted octanol–water partition coefficient (Wildman–Crippen LogP) is 2.67. The first-order valence-corrected chi connectivity index (χ1v) is 4.30. The van der Waals surface area contributed by atoms with Crippen molar-refractivity contribution in [1.29, 1.82) is 0 Å². The average Bonchev–Trinajstić information content (AvgIpc) is 2.05. The van der Waals surface area contributed by atoms with Crippen LogP contribution in [0, 0.1) is 0 Å². The molecule has 12 heavy (non-hydrogen) atoms. The van der Waals surface area contributed by atoms with Gasteiger partial charge in [-0.3, -0.25) is 0 Å². The minimum absolute atomic E-state index is 0.949. The summed E-state index contributed by atoms with van der Waals surface area (Å²) in [5.74, 6) is 0.